The number of hydrogen-bond donors (Lipinski definition) is 0. The van der Waals surface area contributed by atoms with Crippen LogP contribution < -0.4 is 0 Å². The maximum Gasteiger partial charge on any atom is 0.416 e. The van der Waals surface area contributed by atoms with Gasteiger partial charge in [-0.2, -0.15) is 13.2 Å². The molecule has 1 rings (SSSR count). The maximum absolute atomic E-state index is 12.7. The average molecular weight is 461 g/mol. The summed E-state index contributed by atoms with van der Waals surface area (Å²) in [6.07, 6.45) is 9.09. The van der Waals surface area contributed by atoms with Crippen LogP contribution in [-0.2, 0) is 26.8 Å². The minimum atomic E-state index is -4.28. The molecule has 0 heterocycles. The van der Waals surface area contributed by atoms with Crippen molar-refractivity contribution in [2.45, 2.75) is 117 Å². The van der Waals surface area contributed by atoms with Crippen LogP contribution in [0.15, 0.2) is 24.3 Å². The van der Waals surface area contributed by atoms with Gasteiger partial charge in [-0.15, -0.1) is 0 Å². The lowest BCUT2D eigenvalue weighted by Gasteiger charge is -2.24. The van der Waals surface area contributed by atoms with Crippen LogP contribution in [0.4, 0.5) is 13.2 Å². The highest BCUT2D eigenvalue weighted by molar-refractivity contribution is 5.24. The van der Waals surface area contributed by atoms with E-state index in [1.807, 2.05) is 13.8 Å². The van der Waals surface area contributed by atoms with Gasteiger partial charge in [0.25, 0.3) is 6.48 Å². The molecule has 1 aromatic rings. The second-order valence-electron chi connectivity index (χ2n) is 8.31. The monoisotopic (exact) mass is 460 g/mol. The molecule has 6 heteroatoms. The van der Waals surface area contributed by atoms with Crippen LogP contribution in [0, 0.1) is 0 Å². The van der Waals surface area contributed by atoms with Crippen LogP contribution in [0.5, 0.6) is 0 Å². The normalized spacial score (nSPS) is 13.1. The molecule has 0 amide bonds. The molecule has 0 N–H and O–H groups in total. The summed E-state index contributed by atoms with van der Waals surface area (Å²) in [6, 6.07) is 5.48. The van der Waals surface area contributed by atoms with Crippen molar-refractivity contribution in [2.24, 2.45) is 0 Å². The van der Waals surface area contributed by atoms with Gasteiger partial charge in [0.15, 0.2) is 0 Å². The molecule has 0 aliphatic rings. The van der Waals surface area contributed by atoms with Crippen molar-refractivity contribution in [3.63, 3.8) is 0 Å². The minimum Gasteiger partial charge on any atom is -0.330 e. The van der Waals surface area contributed by atoms with E-state index in [-0.39, 0.29) is 6.10 Å². The first-order valence-electron chi connectivity index (χ1n) is 12.4. The summed E-state index contributed by atoms with van der Waals surface area (Å²) in [7, 11) is 0. The standard InChI is InChI=1S/C26H43F3O3/c1-4-7-8-9-10-11-12-16-24(32-25(30-5-2)31-6-3)17-14-13-15-22-18-20-23(21-19-22)26(27,28)29/h18-21,24-25H,4-17H2,1-3H3. The molecule has 1 unspecified atom stereocenters. The minimum absolute atomic E-state index is 0.0707. The number of unbranched alkanes of at least 4 members (excludes halogenated alkanes) is 7. The van der Waals surface area contributed by atoms with E-state index >= 15 is 0 Å². The largest absolute Gasteiger partial charge is 0.416 e. The third kappa shape index (κ3) is 13.4. The first kappa shape index (κ1) is 28.9. The number of rotatable bonds is 19. The second kappa shape index (κ2) is 17.4. The summed E-state index contributed by atoms with van der Waals surface area (Å²) in [6.45, 7) is 6.50. The van der Waals surface area contributed by atoms with E-state index in [1.165, 1.54) is 38.5 Å². The van der Waals surface area contributed by atoms with Crippen LogP contribution in [0.2, 0.25) is 0 Å². The van der Waals surface area contributed by atoms with E-state index < -0.39 is 18.2 Å². The van der Waals surface area contributed by atoms with E-state index in [9.17, 15) is 13.2 Å². The second-order valence-corrected chi connectivity index (χ2v) is 8.31. The Labute approximate surface area is 193 Å². The van der Waals surface area contributed by atoms with Crippen LogP contribution >= 0.6 is 0 Å². The van der Waals surface area contributed by atoms with Gasteiger partial charge in [-0.05, 0) is 57.2 Å². The molecule has 3 nitrogen and oxygen atoms in total. The number of ether oxygens (including phenoxy) is 3. The van der Waals surface area contributed by atoms with Gasteiger partial charge in [-0.3, -0.25) is 0 Å². The molecular weight excluding hydrogens is 417 g/mol. The molecular formula is C26H43F3O3. The van der Waals surface area contributed by atoms with Gasteiger partial charge in [0.2, 0.25) is 0 Å². The first-order chi connectivity index (χ1) is 15.4. The zero-order valence-corrected chi connectivity index (χ0v) is 20.2. The summed E-state index contributed by atoms with van der Waals surface area (Å²) >= 11 is 0. The number of alkyl halides is 3. The Morgan fingerprint density at radius 2 is 1.25 bits per heavy atom. The highest BCUT2D eigenvalue weighted by Crippen LogP contribution is 2.29. The van der Waals surface area contributed by atoms with Crippen molar-refractivity contribution >= 4 is 0 Å². The predicted molar refractivity (Wildman–Crippen MR) is 124 cm³/mol. The summed E-state index contributed by atoms with van der Waals surface area (Å²) in [5.41, 5.74) is 0.339. The third-order valence-electron chi connectivity index (χ3n) is 5.56. The molecule has 0 radical (unpaired) electrons. The molecule has 0 saturated heterocycles. The lowest BCUT2D eigenvalue weighted by molar-refractivity contribution is -0.302. The Kier molecular flexibility index (Phi) is 15.7. The third-order valence-corrected chi connectivity index (χ3v) is 5.56. The molecule has 186 valence electrons. The van der Waals surface area contributed by atoms with Gasteiger partial charge in [-0.1, -0.05) is 70.4 Å². The fraction of sp³-hybridized carbons (Fsp3) is 0.769. The van der Waals surface area contributed by atoms with Gasteiger partial charge < -0.3 is 14.2 Å². The lowest BCUT2D eigenvalue weighted by Crippen LogP contribution is -2.27. The van der Waals surface area contributed by atoms with E-state index in [0.29, 0.717) is 13.2 Å². The molecule has 0 spiro atoms. The van der Waals surface area contributed by atoms with Crippen molar-refractivity contribution < 1.29 is 27.4 Å². The maximum atomic E-state index is 12.7. The molecule has 0 aliphatic heterocycles. The van der Waals surface area contributed by atoms with E-state index in [4.69, 9.17) is 14.2 Å². The topological polar surface area (TPSA) is 27.7 Å². The fourth-order valence-electron chi connectivity index (χ4n) is 3.73. The molecule has 1 atom stereocenters. The summed E-state index contributed by atoms with van der Waals surface area (Å²) in [5.74, 6) is 0. The summed E-state index contributed by atoms with van der Waals surface area (Å²) in [5, 5.41) is 0. The zero-order valence-electron chi connectivity index (χ0n) is 20.2. The number of halogens is 3. The summed E-state index contributed by atoms with van der Waals surface area (Å²) in [4.78, 5) is 0. The van der Waals surface area contributed by atoms with Crippen molar-refractivity contribution in [3.8, 4) is 0 Å². The molecule has 0 aromatic heterocycles. The van der Waals surface area contributed by atoms with Crippen LogP contribution in [0.3, 0.4) is 0 Å². The van der Waals surface area contributed by atoms with Gasteiger partial charge in [0, 0.05) is 13.2 Å². The molecule has 32 heavy (non-hydrogen) atoms. The zero-order chi connectivity index (χ0) is 23.7. The van der Waals surface area contributed by atoms with Crippen LogP contribution in [-0.4, -0.2) is 25.8 Å². The number of benzene rings is 1. The summed E-state index contributed by atoms with van der Waals surface area (Å²) < 4.78 is 55.3. The van der Waals surface area contributed by atoms with Gasteiger partial charge >= 0.3 is 6.18 Å². The Morgan fingerprint density at radius 3 is 1.78 bits per heavy atom. The average Bonchev–Trinajstić information content (AvgIpc) is 2.76. The Morgan fingerprint density at radius 1 is 0.719 bits per heavy atom. The van der Waals surface area contributed by atoms with Crippen LogP contribution in [0.1, 0.15) is 103 Å². The Hall–Kier alpha value is -1.11. The smallest absolute Gasteiger partial charge is 0.330 e. The highest BCUT2D eigenvalue weighted by Gasteiger charge is 2.29. The van der Waals surface area contributed by atoms with E-state index in [0.717, 1.165) is 56.2 Å². The predicted octanol–water partition coefficient (Wildman–Crippen LogP) is 8.30. The van der Waals surface area contributed by atoms with Crippen LogP contribution in [0.25, 0.3) is 0 Å². The lowest BCUT2D eigenvalue weighted by atomic mass is 10.0. The molecule has 1 aromatic carbocycles. The number of aryl methyl sites for hydroxylation is 1. The van der Waals surface area contributed by atoms with E-state index in [2.05, 4.69) is 6.92 Å². The van der Waals surface area contributed by atoms with Gasteiger partial charge in [-0.25, -0.2) is 0 Å². The van der Waals surface area contributed by atoms with Crippen molar-refractivity contribution in [3.05, 3.63) is 35.4 Å². The highest BCUT2D eigenvalue weighted by atomic mass is 19.4. The molecule has 0 fully saturated rings. The van der Waals surface area contributed by atoms with Crippen molar-refractivity contribution in [1.82, 2.24) is 0 Å². The Balaban J connectivity index is 2.43. The van der Waals surface area contributed by atoms with Crippen molar-refractivity contribution in [2.75, 3.05) is 13.2 Å². The van der Waals surface area contributed by atoms with Gasteiger partial charge in [0.1, 0.15) is 0 Å². The first-order valence-corrected chi connectivity index (χ1v) is 12.4. The molecule has 0 saturated carbocycles. The fourth-order valence-corrected chi connectivity index (χ4v) is 3.73. The molecule has 0 bridgehead atoms. The number of hydrogen-bond acceptors (Lipinski definition) is 3. The quantitative estimate of drug-likeness (QED) is 0.153. The van der Waals surface area contributed by atoms with Gasteiger partial charge in [0.05, 0.1) is 11.7 Å². The Bertz CT molecular complexity index is 554. The van der Waals surface area contributed by atoms with Crippen molar-refractivity contribution in [1.29, 1.82) is 0 Å². The SMILES string of the molecule is CCCCCCCCCC(CCCCc1ccc(C(F)(F)F)cc1)OC(OCC)OCC. The van der Waals surface area contributed by atoms with E-state index in [1.54, 1.807) is 12.1 Å². The molecule has 0 aliphatic carbocycles.